The van der Waals surface area contributed by atoms with Crippen molar-refractivity contribution in [3.8, 4) is 0 Å². The van der Waals surface area contributed by atoms with Crippen molar-refractivity contribution in [1.29, 1.82) is 0 Å². The van der Waals surface area contributed by atoms with Crippen molar-refractivity contribution in [2.45, 2.75) is 46.5 Å². The number of nitrogens with zero attached hydrogens (tertiary/aromatic N) is 1. The molecule has 0 aliphatic carbocycles. The van der Waals surface area contributed by atoms with Gasteiger partial charge < -0.3 is 10.2 Å². The molecule has 1 aliphatic rings. The normalized spacial score (nSPS) is 22.2. The highest BCUT2D eigenvalue weighted by Gasteiger charge is 2.22. The third kappa shape index (κ3) is 4.66. The van der Waals surface area contributed by atoms with Gasteiger partial charge in [-0.05, 0) is 44.7 Å². The summed E-state index contributed by atoms with van der Waals surface area (Å²) >= 11 is 0. The Morgan fingerprint density at radius 2 is 2.24 bits per heavy atom. The Labute approximate surface area is 106 Å². The Kier molecular flexibility index (Phi) is 6.56. The van der Waals surface area contributed by atoms with E-state index in [0.29, 0.717) is 11.8 Å². The maximum absolute atomic E-state index is 12.2. The Morgan fingerprint density at radius 1 is 1.47 bits per heavy atom. The predicted octanol–water partition coefficient (Wildman–Crippen LogP) is 2.27. The summed E-state index contributed by atoms with van der Waals surface area (Å²) in [6.45, 7) is 10.4. The summed E-state index contributed by atoms with van der Waals surface area (Å²) in [5.74, 6) is 1.18. The van der Waals surface area contributed by atoms with E-state index in [-0.39, 0.29) is 5.92 Å². The van der Waals surface area contributed by atoms with Crippen molar-refractivity contribution >= 4 is 5.91 Å². The lowest BCUT2D eigenvalue weighted by atomic mass is 9.98. The lowest BCUT2D eigenvalue weighted by Gasteiger charge is -2.31. The summed E-state index contributed by atoms with van der Waals surface area (Å²) < 4.78 is 0. The highest BCUT2D eigenvalue weighted by Crippen LogP contribution is 2.15. The summed E-state index contributed by atoms with van der Waals surface area (Å²) in [6, 6.07) is 0. The van der Waals surface area contributed by atoms with Crippen LogP contribution in [0.1, 0.15) is 46.5 Å². The number of nitrogens with one attached hydrogen (secondary N) is 1. The van der Waals surface area contributed by atoms with Gasteiger partial charge in [0.1, 0.15) is 0 Å². The van der Waals surface area contributed by atoms with Crippen LogP contribution in [0.5, 0.6) is 0 Å². The van der Waals surface area contributed by atoms with Gasteiger partial charge in [-0.15, -0.1) is 0 Å². The van der Waals surface area contributed by atoms with Gasteiger partial charge in [0.2, 0.25) is 5.91 Å². The second-order valence-corrected chi connectivity index (χ2v) is 5.31. The van der Waals surface area contributed by atoms with E-state index < -0.39 is 0 Å². The van der Waals surface area contributed by atoms with E-state index in [4.69, 9.17) is 0 Å². The molecule has 3 heteroatoms. The van der Waals surface area contributed by atoms with Crippen molar-refractivity contribution in [3.63, 3.8) is 0 Å². The molecule has 2 unspecified atom stereocenters. The van der Waals surface area contributed by atoms with Crippen molar-refractivity contribution in [2.75, 3.05) is 26.2 Å². The first-order chi connectivity index (χ1) is 8.19. The van der Waals surface area contributed by atoms with Crippen LogP contribution >= 0.6 is 0 Å². The number of carbonyl (C=O) groups excluding carboxylic acids is 1. The van der Waals surface area contributed by atoms with Crippen LogP contribution in [0.3, 0.4) is 0 Å². The fourth-order valence-corrected chi connectivity index (χ4v) is 2.44. The van der Waals surface area contributed by atoms with Crippen LogP contribution in [0.4, 0.5) is 0 Å². The zero-order chi connectivity index (χ0) is 12.7. The summed E-state index contributed by atoms with van der Waals surface area (Å²) in [5.41, 5.74) is 0. The zero-order valence-electron chi connectivity index (χ0n) is 11.7. The molecule has 1 fully saturated rings. The predicted molar refractivity (Wildman–Crippen MR) is 71.9 cm³/mol. The molecule has 1 N–H and O–H groups in total. The van der Waals surface area contributed by atoms with E-state index in [0.717, 1.165) is 39.0 Å². The van der Waals surface area contributed by atoms with Gasteiger partial charge in [0, 0.05) is 19.0 Å². The van der Waals surface area contributed by atoms with Gasteiger partial charge >= 0.3 is 0 Å². The second kappa shape index (κ2) is 7.70. The molecule has 0 aromatic rings. The smallest absolute Gasteiger partial charge is 0.225 e. The molecule has 1 rings (SSSR count). The van der Waals surface area contributed by atoms with Crippen molar-refractivity contribution < 1.29 is 4.79 Å². The number of carbonyl (C=O) groups is 1. The number of hydrogen-bond donors (Lipinski definition) is 1. The average molecular weight is 240 g/mol. The molecule has 1 amide bonds. The molecule has 1 saturated heterocycles. The third-order valence-electron chi connectivity index (χ3n) is 3.72. The fourth-order valence-electron chi connectivity index (χ4n) is 2.44. The molecule has 0 aromatic carbocycles. The number of piperidine rings is 1. The summed E-state index contributed by atoms with van der Waals surface area (Å²) in [6.07, 6.45) is 4.52. The summed E-state index contributed by atoms with van der Waals surface area (Å²) in [5, 5.41) is 3.43. The molecule has 3 nitrogen and oxygen atoms in total. The quantitative estimate of drug-likeness (QED) is 0.772. The van der Waals surface area contributed by atoms with Crippen LogP contribution in [0.2, 0.25) is 0 Å². The van der Waals surface area contributed by atoms with E-state index in [1.54, 1.807) is 0 Å². The molecule has 1 heterocycles. The van der Waals surface area contributed by atoms with Crippen LogP contribution in [0, 0.1) is 11.8 Å². The minimum Gasteiger partial charge on any atom is -0.342 e. The van der Waals surface area contributed by atoms with E-state index >= 15 is 0 Å². The van der Waals surface area contributed by atoms with E-state index in [9.17, 15) is 4.79 Å². The van der Waals surface area contributed by atoms with Gasteiger partial charge in [0.15, 0.2) is 0 Å². The lowest BCUT2D eigenvalue weighted by molar-refractivity contribution is -0.135. The summed E-state index contributed by atoms with van der Waals surface area (Å²) in [7, 11) is 0. The molecular weight excluding hydrogens is 212 g/mol. The lowest BCUT2D eigenvalue weighted by Crippen LogP contribution is -2.43. The first-order valence-corrected chi connectivity index (χ1v) is 7.18. The van der Waals surface area contributed by atoms with Gasteiger partial charge in [-0.1, -0.05) is 20.8 Å². The van der Waals surface area contributed by atoms with Gasteiger partial charge in [0.05, 0.1) is 0 Å². The molecule has 0 radical (unpaired) electrons. The van der Waals surface area contributed by atoms with Gasteiger partial charge in [-0.25, -0.2) is 0 Å². The van der Waals surface area contributed by atoms with Crippen molar-refractivity contribution in [2.24, 2.45) is 11.8 Å². The van der Waals surface area contributed by atoms with E-state index in [1.165, 1.54) is 12.8 Å². The first kappa shape index (κ1) is 14.5. The Morgan fingerprint density at radius 3 is 2.76 bits per heavy atom. The largest absolute Gasteiger partial charge is 0.342 e. The van der Waals surface area contributed by atoms with Crippen LogP contribution in [0.15, 0.2) is 0 Å². The topological polar surface area (TPSA) is 32.3 Å². The number of rotatable bonds is 6. The standard InChI is InChI=1S/C14H28N2O/c1-4-9-16(14(17)12(3)5-2)11-13-7-6-8-15-10-13/h12-13,15H,4-11H2,1-3H3. The number of amides is 1. The van der Waals surface area contributed by atoms with Gasteiger partial charge in [-0.3, -0.25) is 4.79 Å². The molecule has 100 valence electrons. The fraction of sp³-hybridized carbons (Fsp3) is 0.929. The van der Waals surface area contributed by atoms with Crippen LogP contribution in [-0.4, -0.2) is 37.0 Å². The van der Waals surface area contributed by atoms with Crippen molar-refractivity contribution in [1.82, 2.24) is 10.2 Å². The molecule has 0 aromatic heterocycles. The Bertz CT molecular complexity index is 224. The zero-order valence-corrected chi connectivity index (χ0v) is 11.7. The van der Waals surface area contributed by atoms with E-state index in [1.807, 2.05) is 6.92 Å². The van der Waals surface area contributed by atoms with Gasteiger partial charge in [0.25, 0.3) is 0 Å². The monoisotopic (exact) mass is 240 g/mol. The molecule has 17 heavy (non-hydrogen) atoms. The molecule has 0 spiro atoms. The summed E-state index contributed by atoms with van der Waals surface area (Å²) in [4.78, 5) is 14.3. The van der Waals surface area contributed by atoms with Gasteiger partial charge in [-0.2, -0.15) is 0 Å². The molecule has 1 aliphatic heterocycles. The van der Waals surface area contributed by atoms with Crippen LogP contribution in [-0.2, 0) is 4.79 Å². The van der Waals surface area contributed by atoms with E-state index in [2.05, 4.69) is 24.1 Å². The Balaban J connectivity index is 2.48. The Hall–Kier alpha value is -0.570. The first-order valence-electron chi connectivity index (χ1n) is 7.18. The van der Waals surface area contributed by atoms with Crippen LogP contribution < -0.4 is 5.32 Å². The van der Waals surface area contributed by atoms with Crippen molar-refractivity contribution in [3.05, 3.63) is 0 Å². The minimum atomic E-state index is 0.179. The number of hydrogen-bond acceptors (Lipinski definition) is 2. The molecule has 0 bridgehead atoms. The highest BCUT2D eigenvalue weighted by atomic mass is 16.2. The third-order valence-corrected chi connectivity index (χ3v) is 3.72. The molecule has 0 saturated carbocycles. The second-order valence-electron chi connectivity index (χ2n) is 5.31. The highest BCUT2D eigenvalue weighted by molar-refractivity contribution is 5.78. The maximum atomic E-state index is 12.2. The molecule has 2 atom stereocenters. The average Bonchev–Trinajstić information content (AvgIpc) is 2.37. The molecular formula is C14H28N2O. The maximum Gasteiger partial charge on any atom is 0.225 e. The van der Waals surface area contributed by atoms with Crippen LogP contribution in [0.25, 0.3) is 0 Å². The minimum absolute atomic E-state index is 0.179. The SMILES string of the molecule is CCCN(CC1CCCNC1)C(=O)C(C)CC.